The van der Waals surface area contributed by atoms with Crippen LogP contribution in [0.15, 0.2) is 112 Å². The van der Waals surface area contributed by atoms with Crippen LogP contribution in [-0.2, 0) is 28.0 Å². The minimum Gasteiger partial charge on any atom is -0.465 e. The molecule has 214 valence electrons. The summed E-state index contributed by atoms with van der Waals surface area (Å²) in [5.74, 6) is 1.75. The Morgan fingerprint density at radius 3 is 1.39 bits per heavy atom. The van der Waals surface area contributed by atoms with Crippen molar-refractivity contribution in [3.8, 4) is 17.2 Å². The molecule has 0 radical (unpaired) electrons. The molecule has 0 bridgehead atoms. The highest BCUT2D eigenvalue weighted by Crippen LogP contribution is 2.37. The van der Waals surface area contributed by atoms with Gasteiger partial charge < -0.3 is 14.2 Å². The Kier molecular flexibility index (Phi) is 8.51. The predicted molar refractivity (Wildman–Crippen MR) is 142 cm³/mol. The van der Waals surface area contributed by atoms with Gasteiger partial charge in [0.15, 0.2) is 21.0 Å². The molecule has 5 rings (SSSR count). The Balaban J connectivity index is 1.36. The number of hydrogen-bond acceptors (Lipinski definition) is 3. The van der Waals surface area contributed by atoms with Crippen LogP contribution in [0, 0.1) is 0 Å². The van der Waals surface area contributed by atoms with E-state index in [-0.39, 0.29) is 6.29 Å². The Bertz CT molecular complexity index is 1350. The van der Waals surface area contributed by atoms with Gasteiger partial charge in [0.2, 0.25) is 0 Å². The van der Waals surface area contributed by atoms with Crippen molar-refractivity contribution in [3.63, 3.8) is 0 Å². The molecule has 1 saturated heterocycles. The van der Waals surface area contributed by atoms with E-state index in [1.54, 1.807) is 48.5 Å². The van der Waals surface area contributed by atoms with Crippen molar-refractivity contribution < 1.29 is 40.6 Å². The maximum atomic E-state index is 13.1. The Labute approximate surface area is 236 Å². The SMILES string of the molecule is FC(F)(F)c1ccc([S+](c2ccc(Oc3ccc(OC4CCCCO4)cc3)cc2)c2ccc(C(F)(F)F)cc2)cc1. The normalized spacial score (nSPS) is 16.0. The van der Waals surface area contributed by atoms with Gasteiger partial charge >= 0.3 is 12.4 Å². The summed E-state index contributed by atoms with van der Waals surface area (Å²) in [6.45, 7) is 0.682. The standard InChI is InChI=1S/C31H25F6O3S/c32-30(33,34)21-4-14-26(15-5-21)41(27-16-6-22(7-17-27)31(35,36)37)28-18-12-24(13-19-28)39-23-8-10-25(11-9-23)40-29-3-1-2-20-38-29/h4-19,29H,1-3,20H2/q+1. The fraction of sp³-hybridized carbons (Fsp3) is 0.226. The maximum Gasteiger partial charge on any atom is 0.416 e. The molecule has 41 heavy (non-hydrogen) atoms. The van der Waals surface area contributed by atoms with E-state index in [1.807, 2.05) is 0 Å². The van der Waals surface area contributed by atoms with E-state index in [0.29, 0.717) is 38.5 Å². The van der Waals surface area contributed by atoms with Crippen LogP contribution in [0.5, 0.6) is 17.2 Å². The highest BCUT2D eigenvalue weighted by atomic mass is 32.2. The van der Waals surface area contributed by atoms with Gasteiger partial charge in [-0.25, -0.2) is 0 Å². The van der Waals surface area contributed by atoms with Crippen molar-refractivity contribution in [1.82, 2.24) is 0 Å². The molecule has 0 aromatic heterocycles. The van der Waals surface area contributed by atoms with Gasteiger partial charge in [-0.15, -0.1) is 0 Å². The summed E-state index contributed by atoms with van der Waals surface area (Å²) in [4.78, 5) is 1.76. The average Bonchev–Trinajstić information content (AvgIpc) is 2.95. The summed E-state index contributed by atoms with van der Waals surface area (Å²) in [5.41, 5.74) is -1.60. The molecule has 0 spiro atoms. The second kappa shape index (κ2) is 12.1. The monoisotopic (exact) mass is 591 g/mol. The number of ether oxygens (including phenoxy) is 3. The van der Waals surface area contributed by atoms with Crippen LogP contribution in [0.2, 0.25) is 0 Å². The van der Waals surface area contributed by atoms with Gasteiger partial charge in [-0.05, 0) is 110 Å². The molecule has 0 aliphatic carbocycles. The summed E-state index contributed by atoms with van der Waals surface area (Å²) >= 11 is 0. The molecule has 1 fully saturated rings. The molecule has 4 aromatic rings. The van der Waals surface area contributed by atoms with E-state index in [4.69, 9.17) is 14.2 Å². The van der Waals surface area contributed by atoms with Crippen LogP contribution in [0.25, 0.3) is 0 Å². The van der Waals surface area contributed by atoms with Crippen molar-refractivity contribution in [1.29, 1.82) is 0 Å². The van der Waals surface area contributed by atoms with Gasteiger partial charge in [0.05, 0.1) is 28.6 Å². The van der Waals surface area contributed by atoms with E-state index < -0.39 is 34.4 Å². The van der Waals surface area contributed by atoms with Gasteiger partial charge in [-0.2, -0.15) is 26.3 Å². The largest absolute Gasteiger partial charge is 0.465 e. The van der Waals surface area contributed by atoms with Crippen LogP contribution in [0.1, 0.15) is 30.4 Å². The van der Waals surface area contributed by atoms with Gasteiger partial charge in [0.25, 0.3) is 0 Å². The maximum absolute atomic E-state index is 13.1. The van der Waals surface area contributed by atoms with Gasteiger partial charge in [0.1, 0.15) is 17.2 Å². The summed E-state index contributed by atoms with van der Waals surface area (Å²) in [5, 5.41) is 0. The van der Waals surface area contributed by atoms with Crippen molar-refractivity contribution in [2.75, 3.05) is 6.61 Å². The lowest BCUT2D eigenvalue weighted by atomic mass is 10.2. The fourth-order valence-electron chi connectivity index (χ4n) is 4.29. The van der Waals surface area contributed by atoms with E-state index in [2.05, 4.69) is 0 Å². The first-order valence-corrected chi connectivity index (χ1v) is 14.0. The zero-order valence-electron chi connectivity index (χ0n) is 21.5. The van der Waals surface area contributed by atoms with Crippen LogP contribution >= 0.6 is 0 Å². The summed E-state index contributed by atoms with van der Waals surface area (Å²) < 4.78 is 96.2. The molecule has 4 aromatic carbocycles. The average molecular weight is 592 g/mol. The molecule has 0 saturated carbocycles. The van der Waals surface area contributed by atoms with Gasteiger partial charge in [-0.3, -0.25) is 0 Å². The minimum atomic E-state index is -4.50. The van der Waals surface area contributed by atoms with Crippen molar-refractivity contribution in [3.05, 3.63) is 108 Å². The molecule has 0 amide bonds. The van der Waals surface area contributed by atoms with Crippen LogP contribution in [-0.4, -0.2) is 12.9 Å². The van der Waals surface area contributed by atoms with Crippen molar-refractivity contribution in [2.45, 2.75) is 52.6 Å². The highest BCUT2D eigenvalue weighted by molar-refractivity contribution is 7.97. The number of halogens is 6. The first kappa shape index (κ1) is 28.9. The third-order valence-corrected chi connectivity index (χ3v) is 8.59. The smallest absolute Gasteiger partial charge is 0.416 e. The Hall–Kier alpha value is -3.63. The molecule has 1 atom stereocenters. The van der Waals surface area contributed by atoms with Crippen LogP contribution < -0.4 is 9.47 Å². The number of alkyl halides is 6. The zero-order valence-corrected chi connectivity index (χ0v) is 22.4. The third-order valence-electron chi connectivity index (χ3n) is 6.36. The minimum absolute atomic E-state index is 0.258. The molecule has 1 aliphatic heterocycles. The van der Waals surface area contributed by atoms with E-state index in [1.165, 1.54) is 24.3 Å². The van der Waals surface area contributed by atoms with Crippen molar-refractivity contribution in [2.24, 2.45) is 0 Å². The predicted octanol–water partition coefficient (Wildman–Crippen LogP) is 9.52. The molecule has 10 heteroatoms. The first-order chi connectivity index (χ1) is 19.6. The Morgan fingerprint density at radius 2 is 0.976 bits per heavy atom. The zero-order chi connectivity index (χ0) is 29.0. The Morgan fingerprint density at radius 1 is 0.561 bits per heavy atom. The lowest BCUT2D eigenvalue weighted by Crippen LogP contribution is -2.24. The fourth-order valence-corrected chi connectivity index (χ4v) is 6.33. The van der Waals surface area contributed by atoms with Crippen LogP contribution in [0.4, 0.5) is 26.3 Å². The summed E-state index contributed by atoms with van der Waals surface area (Å²) in [7, 11) is -0.965. The van der Waals surface area contributed by atoms with Gasteiger partial charge in [0, 0.05) is 6.42 Å². The highest BCUT2D eigenvalue weighted by Gasteiger charge is 2.35. The molecular formula is C31H25F6O3S+. The second-order valence-corrected chi connectivity index (χ2v) is 11.3. The quantitative estimate of drug-likeness (QED) is 0.158. The van der Waals surface area contributed by atoms with Crippen molar-refractivity contribution >= 4 is 10.9 Å². The lowest BCUT2D eigenvalue weighted by molar-refractivity contribution is -0.138. The third kappa shape index (κ3) is 7.37. The molecular weight excluding hydrogens is 566 g/mol. The molecule has 0 N–H and O–H groups in total. The first-order valence-electron chi connectivity index (χ1n) is 12.8. The molecule has 1 heterocycles. The van der Waals surface area contributed by atoms with E-state index >= 15 is 0 Å². The summed E-state index contributed by atoms with van der Waals surface area (Å²) in [6.07, 6.45) is -6.34. The number of hydrogen-bond donors (Lipinski definition) is 0. The van der Waals surface area contributed by atoms with Crippen LogP contribution in [0.3, 0.4) is 0 Å². The molecule has 1 aliphatic rings. The van der Waals surface area contributed by atoms with E-state index in [0.717, 1.165) is 43.5 Å². The second-order valence-electron chi connectivity index (χ2n) is 9.31. The lowest BCUT2D eigenvalue weighted by Gasteiger charge is -2.23. The summed E-state index contributed by atoms with van der Waals surface area (Å²) in [6, 6.07) is 23.4. The number of benzene rings is 4. The van der Waals surface area contributed by atoms with E-state index in [9.17, 15) is 26.3 Å². The van der Waals surface area contributed by atoms with Gasteiger partial charge in [-0.1, -0.05) is 0 Å². The molecule has 3 nitrogen and oxygen atoms in total. The molecule has 1 unspecified atom stereocenters. The topological polar surface area (TPSA) is 27.7 Å². The number of rotatable bonds is 7.